The van der Waals surface area contributed by atoms with Crippen molar-refractivity contribution in [3.05, 3.63) is 69.8 Å². The SMILES string of the molecule is CCC(=O)c1ccccc1OCc1cccc([N+](=O)[O-])c1. The lowest BCUT2D eigenvalue weighted by molar-refractivity contribution is -0.384. The molecular formula is C16H15NO4. The van der Waals surface area contributed by atoms with E-state index in [4.69, 9.17) is 4.74 Å². The third kappa shape index (κ3) is 3.66. The Hall–Kier alpha value is -2.69. The van der Waals surface area contributed by atoms with Crippen LogP contribution in [0.3, 0.4) is 0 Å². The lowest BCUT2D eigenvalue weighted by Gasteiger charge is -2.10. The fourth-order valence-electron chi connectivity index (χ4n) is 1.93. The average molecular weight is 285 g/mol. The molecule has 0 N–H and O–H groups in total. The van der Waals surface area contributed by atoms with Crippen LogP contribution in [0.15, 0.2) is 48.5 Å². The standard InChI is InChI=1S/C16H15NO4/c1-2-15(18)14-8-3-4-9-16(14)21-11-12-6-5-7-13(10-12)17(19)20/h3-10H,2,11H2,1H3. The third-order valence-corrected chi connectivity index (χ3v) is 3.02. The monoisotopic (exact) mass is 285 g/mol. The molecule has 0 saturated heterocycles. The van der Waals surface area contributed by atoms with E-state index in [2.05, 4.69) is 0 Å². The second-order valence-electron chi connectivity index (χ2n) is 4.49. The number of rotatable bonds is 6. The smallest absolute Gasteiger partial charge is 0.269 e. The van der Waals surface area contributed by atoms with E-state index in [9.17, 15) is 14.9 Å². The maximum atomic E-state index is 11.8. The minimum absolute atomic E-state index is 0.00430. The molecule has 0 amide bonds. The van der Waals surface area contributed by atoms with E-state index in [0.29, 0.717) is 23.3 Å². The van der Waals surface area contributed by atoms with Crippen LogP contribution in [0, 0.1) is 10.1 Å². The summed E-state index contributed by atoms with van der Waals surface area (Å²) >= 11 is 0. The number of carbonyl (C=O) groups is 1. The Bertz CT molecular complexity index is 667. The van der Waals surface area contributed by atoms with Crippen molar-refractivity contribution in [3.8, 4) is 5.75 Å². The Balaban J connectivity index is 2.15. The van der Waals surface area contributed by atoms with E-state index in [1.54, 1.807) is 43.3 Å². The first-order valence-electron chi connectivity index (χ1n) is 6.60. The van der Waals surface area contributed by atoms with Gasteiger partial charge in [-0.3, -0.25) is 14.9 Å². The highest BCUT2D eigenvalue weighted by atomic mass is 16.6. The fraction of sp³-hybridized carbons (Fsp3) is 0.188. The van der Waals surface area contributed by atoms with Gasteiger partial charge in [-0.1, -0.05) is 31.2 Å². The van der Waals surface area contributed by atoms with Gasteiger partial charge in [-0.2, -0.15) is 0 Å². The largest absolute Gasteiger partial charge is 0.488 e. The second-order valence-corrected chi connectivity index (χ2v) is 4.49. The van der Waals surface area contributed by atoms with Crippen LogP contribution < -0.4 is 4.74 Å². The number of ketones is 1. The lowest BCUT2D eigenvalue weighted by Crippen LogP contribution is -2.03. The van der Waals surface area contributed by atoms with E-state index in [1.165, 1.54) is 12.1 Å². The molecule has 2 rings (SSSR count). The summed E-state index contributed by atoms with van der Waals surface area (Å²) in [6.45, 7) is 1.97. The van der Waals surface area contributed by atoms with Crippen LogP contribution in [0.25, 0.3) is 0 Å². The van der Waals surface area contributed by atoms with Crippen LogP contribution >= 0.6 is 0 Å². The lowest BCUT2D eigenvalue weighted by atomic mass is 10.1. The molecule has 2 aromatic carbocycles. The number of nitro benzene ring substituents is 1. The van der Waals surface area contributed by atoms with Gasteiger partial charge >= 0.3 is 0 Å². The molecule has 0 saturated carbocycles. The molecule has 5 heteroatoms. The van der Waals surface area contributed by atoms with E-state index in [0.717, 1.165) is 0 Å². The summed E-state index contributed by atoms with van der Waals surface area (Å²) < 4.78 is 5.64. The molecule has 0 aliphatic heterocycles. The molecule has 0 spiro atoms. The molecule has 0 aliphatic carbocycles. The molecule has 0 heterocycles. The number of para-hydroxylation sites is 1. The van der Waals surface area contributed by atoms with Gasteiger partial charge in [0.1, 0.15) is 12.4 Å². The summed E-state index contributed by atoms with van der Waals surface area (Å²) in [5, 5.41) is 10.7. The highest BCUT2D eigenvalue weighted by Crippen LogP contribution is 2.21. The molecule has 0 aliphatic rings. The number of nitrogens with zero attached hydrogens (tertiary/aromatic N) is 1. The van der Waals surface area contributed by atoms with E-state index >= 15 is 0 Å². The number of ether oxygens (including phenoxy) is 1. The topological polar surface area (TPSA) is 69.4 Å². The van der Waals surface area contributed by atoms with Crippen molar-refractivity contribution in [1.29, 1.82) is 0 Å². The van der Waals surface area contributed by atoms with Crippen LogP contribution in [0.5, 0.6) is 5.75 Å². The molecule has 21 heavy (non-hydrogen) atoms. The average Bonchev–Trinajstić information content (AvgIpc) is 2.52. The van der Waals surface area contributed by atoms with Gasteiger partial charge in [0, 0.05) is 18.6 Å². The maximum Gasteiger partial charge on any atom is 0.269 e. The first-order chi connectivity index (χ1) is 10.1. The molecule has 0 radical (unpaired) electrons. The zero-order valence-electron chi connectivity index (χ0n) is 11.6. The van der Waals surface area contributed by atoms with Crippen molar-refractivity contribution in [2.45, 2.75) is 20.0 Å². The fourth-order valence-corrected chi connectivity index (χ4v) is 1.93. The van der Waals surface area contributed by atoms with Crippen LogP contribution in [0.1, 0.15) is 29.3 Å². The molecular weight excluding hydrogens is 270 g/mol. The molecule has 0 aromatic heterocycles. The molecule has 5 nitrogen and oxygen atoms in total. The minimum atomic E-state index is -0.446. The molecule has 0 bridgehead atoms. The summed E-state index contributed by atoms with van der Waals surface area (Å²) in [6.07, 6.45) is 0.400. The number of benzene rings is 2. The summed E-state index contributed by atoms with van der Waals surface area (Å²) in [5.41, 5.74) is 1.24. The van der Waals surface area contributed by atoms with Crippen molar-refractivity contribution in [3.63, 3.8) is 0 Å². The molecule has 108 valence electrons. The Morgan fingerprint density at radius 2 is 1.95 bits per heavy atom. The van der Waals surface area contributed by atoms with Crippen molar-refractivity contribution in [2.75, 3.05) is 0 Å². The summed E-state index contributed by atoms with van der Waals surface area (Å²) in [4.78, 5) is 22.1. The molecule has 0 fully saturated rings. The Morgan fingerprint density at radius 3 is 2.67 bits per heavy atom. The van der Waals surface area contributed by atoms with Gasteiger partial charge in [-0.15, -0.1) is 0 Å². The summed E-state index contributed by atoms with van der Waals surface area (Å²) in [6, 6.07) is 13.3. The number of hydrogen-bond acceptors (Lipinski definition) is 4. The van der Waals surface area contributed by atoms with Crippen LogP contribution in [-0.4, -0.2) is 10.7 Å². The number of Topliss-reactive ketones (excluding diaryl/α,β-unsaturated/α-hetero) is 1. The van der Waals surface area contributed by atoms with Crippen LogP contribution in [0.4, 0.5) is 5.69 Å². The predicted molar refractivity (Wildman–Crippen MR) is 78.5 cm³/mol. The summed E-state index contributed by atoms with van der Waals surface area (Å²) in [5.74, 6) is 0.500. The van der Waals surface area contributed by atoms with Crippen molar-refractivity contribution >= 4 is 11.5 Å². The zero-order valence-corrected chi connectivity index (χ0v) is 11.6. The van der Waals surface area contributed by atoms with Crippen molar-refractivity contribution < 1.29 is 14.5 Å². The van der Waals surface area contributed by atoms with Gasteiger partial charge in [-0.25, -0.2) is 0 Å². The summed E-state index contributed by atoms with van der Waals surface area (Å²) in [7, 11) is 0. The molecule has 0 unspecified atom stereocenters. The predicted octanol–water partition coefficient (Wildman–Crippen LogP) is 3.77. The number of nitro groups is 1. The number of carbonyl (C=O) groups excluding carboxylic acids is 1. The third-order valence-electron chi connectivity index (χ3n) is 3.02. The first kappa shape index (κ1) is 14.7. The zero-order chi connectivity index (χ0) is 15.2. The van der Waals surface area contributed by atoms with Gasteiger partial charge in [0.25, 0.3) is 5.69 Å². The van der Waals surface area contributed by atoms with Crippen molar-refractivity contribution in [1.82, 2.24) is 0 Å². The van der Waals surface area contributed by atoms with E-state index in [-0.39, 0.29) is 18.1 Å². The minimum Gasteiger partial charge on any atom is -0.488 e. The molecule has 0 atom stereocenters. The second kappa shape index (κ2) is 6.65. The maximum absolute atomic E-state index is 11.8. The van der Waals surface area contributed by atoms with Gasteiger partial charge in [0.2, 0.25) is 0 Å². The van der Waals surface area contributed by atoms with Crippen molar-refractivity contribution in [2.24, 2.45) is 0 Å². The molecule has 2 aromatic rings. The highest BCUT2D eigenvalue weighted by Gasteiger charge is 2.11. The van der Waals surface area contributed by atoms with E-state index in [1.807, 2.05) is 0 Å². The Labute approximate surface area is 122 Å². The van der Waals surface area contributed by atoms with Gasteiger partial charge in [0.05, 0.1) is 10.5 Å². The van der Waals surface area contributed by atoms with Gasteiger partial charge in [-0.05, 0) is 17.7 Å². The van der Waals surface area contributed by atoms with E-state index < -0.39 is 4.92 Å². The van der Waals surface area contributed by atoms with Gasteiger partial charge < -0.3 is 4.74 Å². The first-order valence-corrected chi connectivity index (χ1v) is 6.60. The quantitative estimate of drug-likeness (QED) is 0.460. The Morgan fingerprint density at radius 1 is 1.19 bits per heavy atom. The number of hydrogen-bond donors (Lipinski definition) is 0. The van der Waals surface area contributed by atoms with Crippen LogP contribution in [-0.2, 0) is 6.61 Å². The van der Waals surface area contributed by atoms with Crippen LogP contribution in [0.2, 0.25) is 0 Å². The number of non-ortho nitro benzene ring substituents is 1. The highest BCUT2D eigenvalue weighted by molar-refractivity contribution is 5.98. The van der Waals surface area contributed by atoms with Gasteiger partial charge in [0.15, 0.2) is 5.78 Å². The normalized spacial score (nSPS) is 10.1. The Kier molecular flexibility index (Phi) is 4.66.